The highest BCUT2D eigenvalue weighted by atomic mass is 32.2. The molecule has 0 saturated heterocycles. The number of amides is 1. The molecule has 1 heterocycles. The molecule has 24 heavy (non-hydrogen) atoms. The van der Waals surface area contributed by atoms with Gasteiger partial charge in [-0.15, -0.1) is 0 Å². The first-order chi connectivity index (χ1) is 11.3. The average Bonchev–Trinajstić information content (AvgIpc) is 2.87. The summed E-state index contributed by atoms with van der Waals surface area (Å²) in [6.45, 7) is 0.309. The Balaban J connectivity index is 1.70. The van der Waals surface area contributed by atoms with E-state index in [4.69, 9.17) is 4.65 Å². The van der Waals surface area contributed by atoms with E-state index in [2.05, 4.69) is 5.32 Å². The summed E-state index contributed by atoms with van der Waals surface area (Å²) >= 11 is -0.235. The van der Waals surface area contributed by atoms with Gasteiger partial charge in [0, 0.05) is 16.1 Å². The van der Waals surface area contributed by atoms with E-state index in [-0.39, 0.29) is 22.2 Å². The Morgan fingerprint density at radius 3 is 2.58 bits per heavy atom. The van der Waals surface area contributed by atoms with Gasteiger partial charge in [-0.1, -0.05) is 6.07 Å². The van der Waals surface area contributed by atoms with Crippen LogP contribution in [-0.4, -0.2) is 23.6 Å². The average molecular weight is 353 g/mol. The minimum absolute atomic E-state index is 0.0110. The van der Waals surface area contributed by atoms with Crippen LogP contribution < -0.4 is 10.8 Å². The third-order valence-electron chi connectivity index (χ3n) is 3.42. The van der Waals surface area contributed by atoms with E-state index in [1.54, 1.807) is 18.2 Å². The lowest BCUT2D eigenvalue weighted by Gasteiger charge is -2.09. The van der Waals surface area contributed by atoms with E-state index in [9.17, 15) is 23.0 Å². The lowest BCUT2D eigenvalue weighted by molar-refractivity contribution is -0.0328. The molecule has 0 fully saturated rings. The molecule has 124 valence electrons. The molecule has 1 amide bonds. The highest BCUT2D eigenvalue weighted by molar-refractivity contribution is 8.00. The first kappa shape index (κ1) is 16.9. The highest BCUT2D eigenvalue weighted by Gasteiger charge is 2.29. The van der Waals surface area contributed by atoms with Crippen molar-refractivity contribution in [3.8, 4) is 0 Å². The Bertz CT molecular complexity index is 768. The maximum Gasteiger partial charge on any atom is 0.491 e. The molecule has 0 radical (unpaired) electrons. The summed E-state index contributed by atoms with van der Waals surface area (Å²) in [6, 6.07) is 10.2. The van der Waals surface area contributed by atoms with E-state index in [0.717, 1.165) is 5.56 Å². The normalized spacial score (nSPS) is 13.8. The van der Waals surface area contributed by atoms with Crippen LogP contribution in [0.4, 0.5) is 18.9 Å². The van der Waals surface area contributed by atoms with Crippen molar-refractivity contribution in [1.29, 1.82) is 0 Å². The van der Waals surface area contributed by atoms with Crippen LogP contribution in [0.1, 0.15) is 15.9 Å². The van der Waals surface area contributed by atoms with Gasteiger partial charge in [-0.05, 0) is 59.2 Å². The van der Waals surface area contributed by atoms with Crippen molar-refractivity contribution < 1.29 is 27.6 Å². The van der Waals surface area contributed by atoms with Gasteiger partial charge >= 0.3 is 12.6 Å². The summed E-state index contributed by atoms with van der Waals surface area (Å²) in [5.74, 6) is -0.452. The molecule has 0 aromatic heterocycles. The summed E-state index contributed by atoms with van der Waals surface area (Å²) in [6.07, 6.45) is 0. The number of alkyl halides is 3. The summed E-state index contributed by atoms with van der Waals surface area (Å²) in [5, 5.41) is 12.3. The number of rotatable bonds is 3. The number of hydrogen-bond acceptors (Lipinski definition) is 4. The van der Waals surface area contributed by atoms with Gasteiger partial charge in [-0.25, -0.2) is 0 Å². The van der Waals surface area contributed by atoms with Crippen LogP contribution in [0.2, 0.25) is 0 Å². The molecule has 3 rings (SSSR count). The van der Waals surface area contributed by atoms with Crippen molar-refractivity contribution in [2.24, 2.45) is 0 Å². The molecule has 2 N–H and O–H groups in total. The second-order valence-corrected chi connectivity index (χ2v) is 6.24. The molecule has 2 aromatic rings. The molecule has 0 bridgehead atoms. The fourth-order valence-corrected chi connectivity index (χ4v) is 2.84. The lowest BCUT2D eigenvalue weighted by Crippen LogP contribution is -2.28. The second kappa shape index (κ2) is 6.50. The van der Waals surface area contributed by atoms with Gasteiger partial charge in [-0.3, -0.25) is 4.79 Å². The third kappa shape index (κ3) is 3.92. The summed E-state index contributed by atoms with van der Waals surface area (Å²) in [4.78, 5) is 12.2. The van der Waals surface area contributed by atoms with Gasteiger partial charge in [0.05, 0.1) is 6.61 Å². The van der Waals surface area contributed by atoms with Gasteiger partial charge in [0.15, 0.2) is 0 Å². The largest absolute Gasteiger partial charge is 0.491 e. The van der Waals surface area contributed by atoms with E-state index in [0.29, 0.717) is 17.8 Å². The van der Waals surface area contributed by atoms with Crippen molar-refractivity contribution in [2.75, 3.05) is 5.32 Å². The van der Waals surface area contributed by atoms with Crippen LogP contribution in [0.5, 0.6) is 0 Å². The van der Waals surface area contributed by atoms with Gasteiger partial charge in [0.1, 0.15) is 0 Å². The van der Waals surface area contributed by atoms with Gasteiger partial charge in [-0.2, -0.15) is 13.2 Å². The molecule has 2 aromatic carbocycles. The number of anilines is 1. The van der Waals surface area contributed by atoms with Crippen LogP contribution >= 0.6 is 11.8 Å². The molecule has 0 unspecified atom stereocenters. The summed E-state index contributed by atoms with van der Waals surface area (Å²) in [7, 11) is -1.02. The molecule has 1 aliphatic heterocycles. The van der Waals surface area contributed by atoms with E-state index < -0.39 is 18.5 Å². The number of carbonyl (C=O) groups excluding carboxylic acids is 1. The van der Waals surface area contributed by atoms with Crippen LogP contribution in [0.15, 0.2) is 47.4 Å². The van der Waals surface area contributed by atoms with Gasteiger partial charge < -0.3 is 15.0 Å². The maximum absolute atomic E-state index is 12.3. The molecule has 4 nitrogen and oxygen atoms in total. The first-order valence-corrected chi connectivity index (χ1v) is 7.73. The minimum Gasteiger partial charge on any atom is -0.423 e. The van der Waals surface area contributed by atoms with Crippen molar-refractivity contribution in [2.45, 2.75) is 17.0 Å². The van der Waals surface area contributed by atoms with Crippen LogP contribution in [0.3, 0.4) is 0 Å². The Hall–Kier alpha value is -1.97. The fourth-order valence-electron chi connectivity index (χ4n) is 2.30. The number of carbonyl (C=O) groups is 1. The predicted octanol–water partition coefficient (Wildman–Crippen LogP) is 2.77. The monoisotopic (exact) mass is 353 g/mol. The SMILES string of the molecule is O=C(Nc1ccc2c(c1)B(O)OC2)c1ccc(SC(F)(F)F)cc1. The lowest BCUT2D eigenvalue weighted by atomic mass is 9.79. The van der Waals surface area contributed by atoms with Crippen LogP contribution in [0, 0.1) is 0 Å². The molecular formula is C15H11BF3NO3S. The number of thioether (sulfide) groups is 1. The summed E-state index contributed by atoms with van der Waals surface area (Å²) < 4.78 is 41.9. The van der Waals surface area contributed by atoms with E-state index in [1.807, 2.05) is 0 Å². The predicted molar refractivity (Wildman–Crippen MR) is 85.1 cm³/mol. The minimum atomic E-state index is -4.36. The van der Waals surface area contributed by atoms with Crippen molar-refractivity contribution in [3.05, 3.63) is 53.6 Å². The Morgan fingerprint density at radius 2 is 1.92 bits per heavy atom. The highest BCUT2D eigenvalue weighted by Crippen LogP contribution is 2.36. The molecule has 0 atom stereocenters. The molecular weight excluding hydrogens is 342 g/mol. The van der Waals surface area contributed by atoms with Crippen molar-refractivity contribution in [3.63, 3.8) is 0 Å². The second-order valence-electron chi connectivity index (χ2n) is 5.10. The van der Waals surface area contributed by atoms with Crippen LogP contribution in [0.25, 0.3) is 0 Å². The number of nitrogens with one attached hydrogen (secondary N) is 1. The molecule has 0 spiro atoms. The van der Waals surface area contributed by atoms with Crippen LogP contribution in [-0.2, 0) is 11.3 Å². The topological polar surface area (TPSA) is 58.6 Å². The van der Waals surface area contributed by atoms with E-state index in [1.165, 1.54) is 24.3 Å². The number of fused-ring (bicyclic) bond motifs is 1. The van der Waals surface area contributed by atoms with E-state index >= 15 is 0 Å². The van der Waals surface area contributed by atoms with Crippen molar-refractivity contribution >= 4 is 35.9 Å². The first-order valence-electron chi connectivity index (χ1n) is 6.91. The Labute approximate surface area is 140 Å². The summed E-state index contributed by atoms with van der Waals surface area (Å²) in [5.41, 5.74) is -2.23. The zero-order valence-electron chi connectivity index (χ0n) is 12.1. The molecule has 1 aliphatic rings. The molecule has 0 saturated carbocycles. The Morgan fingerprint density at radius 1 is 1.21 bits per heavy atom. The third-order valence-corrected chi connectivity index (χ3v) is 4.16. The van der Waals surface area contributed by atoms with Gasteiger partial charge in [0.2, 0.25) is 0 Å². The van der Waals surface area contributed by atoms with Crippen molar-refractivity contribution in [1.82, 2.24) is 0 Å². The number of hydrogen-bond donors (Lipinski definition) is 2. The fraction of sp³-hybridized carbons (Fsp3) is 0.133. The molecule has 0 aliphatic carbocycles. The Kier molecular flexibility index (Phi) is 4.57. The zero-order chi connectivity index (χ0) is 17.3. The molecule has 9 heteroatoms. The quantitative estimate of drug-likeness (QED) is 0.658. The maximum atomic E-state index is 12.3. The number of halogens is 3. The zero-order valence-corrected chi connectivity index (χ0v) is 12.9. The number of benzene rings is 2. The smallest absolute Gasteiger partial charge is 0.423 e. The standard InChI is InChI=1S/C15H11BF3NO3S/c17-15(18,19)24-12-5-2-9(3-6-12)14(21)20-11-4-1-10-8-23-16(22)13(10)7-11/h1-7,22H,8H2,(H,20,21). The van der Waals surface area contributed by atoms with Gasteiger partial charge in [0.25, 0.3) is 5.91 Å².